The van der Waals surface area contributed by atoms with Gasteiger partial charge in [-0.15, -0.1) is 0 Å². The molecule has 2 aromatic carbocycles. The lowest BCUT2D eigenvalue weighted by molar-refractivity contribution is -0.118. The summed E-state index contributed by atoms with van der Waals surface area (Å²) in [5.74, 6) is 0.501. The lowest BCUT2D eigenvalue weighted by atomic mass is 10.2. The van der Waals surface area contributed by atoms with Crippen LogP contribution in [-0.4, -0.2) is 19.6 Å². The molecule has 0 fully saturated rings. The summed E-state index contributed by atoms with van der Waals surface area (Å²) in [7, 11) is 1.85. The Morgan fingerprint density at radius 2 is 1.80 bits per heavy atom. The number of rotatable bonds is 5. The molecule has 0 bridgehead atoms. The molecule has 0 aromatic heterocycles. The zero-order valence-electron chi connectivity index (χ0n) is 11.6. The summed E-state index contributed by atoms with van der Waals surface area (Å²) in [5.41, 5.74) is 2.84. The second-order valence-corrected chi connectivity index (χ2v) is 4.43. The molecule has 104 valence electrons. The van der Waals surface area contributed by atoms with Crippen LogP contribution in [0.25, 0.3) is 0 Å². The minimum absolute atomic E-state index is 0.00671. The van der Waals surface area contributed by atoms with Crippen LogP contribution >= 0.6 is 0 Å². The van der Waals surface area contributed by atoms with Crippen LogP contribution in [-0.2, 0) is 4.79 Å². The van der Waals surface area contributed by atoms with E-state index in [-0.39, 0.29) is 12.5 Å². The van der Waals surface area contributed by atoms with Crippen molar-refractivity contribution in [1.82, 2.24) is 0 Å². The largest absolute Gasteiger partial charge is 0.484 e. The number of anilines is 2. The van der Waals surface area contributed by atoms with Gasteiger partial charge in [-0.05, 0) is 42.8 Å². The second-order valence-electron chi connectivity index (χ2n) is 4.43. The summed E-state index contributed by atoms with van der Waals surface area (Å²) < 4.78 is 5.44. The van der Waals surface area contributed by atoms with E-state index >= 15 is 0 Å². The molecular weight excluding hydrogens is 252 g/mol. The van der Waals surface area contributed by atoms with Crippen molar-refractivity contribution in [1.29, 1.82) is 0 Å². The molecule has 0 saturated heterocycles. The van der Waals surface area contributed by atoms with Crippen molar-refractivity contribution in [2.24, 2.45) is 0 Å². The summed E-state index contributed by atoms with van der Waals surface area (Å²) in [6.07, 6.45) is 0. The van der Waals surface area contributed by atoms with Gasteiger partial charge in [-0.25, -0.2) is 0 Å². The van der Waals surface area contributed by atoms with Crippen LogP contribution in [0.4, 0.5) is 11.4 Å². The minimum atomic E-state index is -0.169. The number of ether oxygens (including phenoxy) is 1. The number of para-hydroxylation sites is 1. The number of carbonyl (C=O) groups excluding carboxylic acids is 1. The van der Waals surface area contributed by atoms with Gasteiger partial charge in [0.15, 0.2) is 6.61 Å². The van der Waals surface area contributed by atoms with Gasteiger partial charge in [0.05, 0.1) is 0 Å². The van der Waals surface area contributed by atoms with Crippen LogP contribution < -0.4 is 15.4 Å². The van der Waals surface area contributed by atoms with Crippen molar-refractivity contribution in [3.63, 3.8) is 0 Å². The molecule has 0 aliphatic rings. The Morgan fingerprint density at radius 1 is 1.10 bits per heavy atom. The van der Waals surface area contributed by atoms with Gasteiger partial charge < -0.3 is 15.4 Å². The molecule has 2 rings (SSSR count). The lowest BCUT2D eigenvalue weighted by Crippen LogP contribution is -2.20. The molecule has 1 amide bonds. The summed E-state index contributed by atoms with van der Waals surface area (Å²) in [6.45, 7) is 1.94. The SMILES string of the molecule is CNc1ccc(OCC(=O)Nc2ccccc2C)cc1. The number of benzene rings is 2. The average Bonchev–Trinajstić information content (AvgIpc) is 2.48. The molecule has 0 spiro atoms. The highest BCUT2D eigenvalue weighted by atomic mass is 16.5. The van der Waals surface area contributed by atoms with Gasteiger partial charge in [-0.1, -0.05) is 18.2 Å². The fraction of sp³-hybridized carbons (Fsp3) is 0.188. The van der Waals surface area contributed by atoms with E-state index in [2.05, 4.69) is 10.6 Å². The third-order valence-corrected chi connectivity index (χ3v) is 2.93. The predicted molar refractivity (Wildman–Crippen MR) is 81.3 cm³/mol. The first-order valence-electron chi connectivity index (χ1n) is 6.45. The second kappa shape index (κ2) is 6.61. The van der Waals surface area contributed by atoms with Crippen molar-refractivity contribution in [3.05, 3.63) is 54.1 Å². The zero-order chi connectivity index (χ0) is 14.4. The first-order chi connectivity index (χ1) is 9.69. The number of hydrogen-bond donors (Lipinski definition) is 2. The number of nitrogens with one attached hydrogen (secondary N) is 2. The van der Waals surface area contributed by atoms with Crippen molar-refractivity contribution in [2.45, 2.75) is 6.92 Å². The van der Waals surface area contributed by atoms with Crippen LogP contribution in [0.3, 0.4) is 0 Å². The minimum Gasteiger partial charge on any atom is -0.484 e. The Bertz CT molecular complexity index is 579. The predicted octanol–water partition coefficient (Wildman–Crippen LogP) is 3.05. The van der Waals surface area contributed by atoms with Gasteiger partial charge in [0.2, 0.25) is 0 Å². The van der Waals surface area contributed by atoms with Crippen LogP contribution in [0.1, 0.15) is 5.56 Å². The molecule has 0 aliphatic heterocycles. The summed E-state index contributed by atoms with van der Waals surface area (Å²) in [5, 5.41) is 5.85. The molecule has 4 heteroatoms. The first-order valence-corrected chi connectivity index (χ1v) is 6.45. The van der Waals surface area contributed by atoms with Crippen molar-refractivity contribution < 1.29 is 9.53 Å². The molecule has 0 aliphatic carbocycles. The zero-order valence-corrected chi connectivity index (χ0v) is 11.6. The Kier molecular flexibility index (Phi) is 4.60. The molecule has 0 radical (unpaired) electrons. The Hall–Kier alpha value is -2.49. The highest BCUT2D eigenvalue weighted by molar-refractivity contribution is 5.92. The normalized spacial score (nSPS) is 9.90. The fourth-order valence-electron chi connectivity index (χ4n) is 1.77. The van der Waals surface area contributed by atoms with E-state index in [0.29, 0.717) is 5.75 Å². The highest BCUT2D eigenvalue weighted by Gasteiger charge is 2.05. The van der Waals surface area contributed by atoms with Crippen LogP contribution in [0, 0.1) is 6.92 Å². The van der Waals surface area contributed by atoms with Gasteiger partial charge in [0.1, 0.15) is 5.75 Å². The monoisotopic (exact) mass is 270 g/mol. The maximum atomic E-state index is 11.8. The number of carbonyl (C=O) groups is 1. The van der Waals surface area contributed by atoms with Crippen molar-refractivity contribution in [3.8, 4) is 5.75 Å². The topological polar surface area (TPSA) is 50.4 Å². The Balaban J connectivity index is 1.87. The number of aryl methyl sites for hydroxylation is 1. The molecule has 0 unspecified atom stereocenters. The highest BCUT2D eigenvalue weighted by Crippen LogP contribution is 2.16. The van der Waals surface area contributed by atoms with E-state index in [1.54, 1.807) is 0 Å². The molecule has 0 atom stereocenters. The molecule has 0 heterocycles. The standard InChI is InChI=1S/C16H18N2O2/c1-12-5-3-4-6-15(12)18-16(19)11-20-14-9-7-13(17-2)8-10-14/h3-10,17H,11H2,1-2H3,(H,18,19). The summed E-state index contributed by atoms with van der Waals surface area (Å²) >= 11 is 0. The Labute approximate surface area is 118 Å². The quantitative estimate of drug-likeness (QED) is 0.878. The maximum absolute atomic E-state index is 11.8. The van der Waals surface area contributed by atoms with E-state index in [4.69, 9.17) is 4.74 Å². The van der Waals surface area contributed by atoms with Gasteiger partial charge in [-0.3, -0.25) is 4.79 Å². The van der Waals surface area contributed by atoms with Gasteiger partial charge >= 0.3 is 0 Å². The number of hydrogen-bond acceptors (Lipinski definition) is 3. The van der Waals surface area contributed by atoms with Crippen molar-refractivity contribution >= 4 is 17.3 Å². The number of amides is 1. The van der Waals surface area contributed by atoms with Gasteiger partial charge in [-0.2, -0.15) is 0 Å². The van der Waals surface area contributed by atoms with Gasteiger partial charge in [0, 0.05) is 18.4 Å². The van der Waals surface area contributed by atoms with Crippen molar-refractivity contribution in [2.75, 3.05) is 24.3 Å². The molecule has 2 N–H and O–H groups in total. The smallest absolute Gasteiger partial charge is 0.262 e. The molecule has 4 nitrogen and oxygen atoms in total. The van der Waals surface area contributed by atoms with Crippen LogP contribution in [0.2, 0.25) is 0 Å². The lowest BCUT2D eigenvalue weighted by Gasteiger charge is -2.09. The summed E-state index contributed by atoms with van der Waals surface area (Å²) in [4.78, 5) is 11.8. The fourth-order valence-corrected chi connectivity index (χ4v) is 1.77. The summed E-state index contributed by atoms with van der Waals surface area (Å²) in [6, 6.07) is 15.1. The van der Waals surface area contributed by atoms with E-state index in [9.17, 15) is 4.79 Å². The molecule has 0 saturated carbocycles. The maximum Gasteiger partial charge on any atom is 0.262 e. The van der Waals surface area contributed by atoms with Crippen LogP contribution in [0.15, 0.2) is 48.5 Å². The van der Waals surface area contributed by atoms with Crippen LogP contribution in [0.5, 0.6) is 5.75 Å². The molecule has 20 heavy (non-hydrogen) atoms. The average molecular weight is 270 g/mol. The third-order valence-electron chi connectivity index (χ3n) is 2.93. The van der Waals surface area contributed by atoms with E-state index in [1.165, 1.54) is 0 Å². The third kappa shape index (κ3) is 3.75. The first kappa shape index (κ1) is 13.9. The van der Waals surface area contributed by atoms with E-state index in [1.807, 2.05) is 62.5 Å². The molecule has 2 aromatic rings. The van der Waals surface area contributed by atoms with Gasteiger partial charge in [0.25, 0.3) is 5.91 Å². The Morgan fingerprint density at radius 3 is 2.45 bits per heavy atom. The van der Waals surface area contributed by atoms with E-state index in [0.717, 1.165) is 16.9 Å². The van der Waals surface area contributed by atoms with E-state index < -0.39 is 0 Å². The molecular formula is C16H18N2O2.